The summed E-state index contributed by atoms with van der Waals surface area (Å²) in [6, 6.07) is 3.50. The van der Waals surface area contributed by atoms with Crippen LogP contribution in [0.5, 0.6) is 0 Å². The zero-order valence-corrected chi connectivity index (χ0v) is 18.0. The van der Waals surface area contributed by atoms with E-state index in [4.69, 9.17) is 9.47 Å². The molecule has 2 heterocycles. The summed E-state index contributed by atoms with van der Waals surface area (Å²) in [5.41, 5.74) is 0.206. The van der Waals surface area contributed by atoms with Gasteiger partial charge in [-0.3, -0.25) is 14.9 Å². The zero-order chi connectivity index (χ0) is 22.6. The monoisotopic (exact) mass is 455 g/mol. The lowest BCUT2D eigenvalue weighted by Crippen LogP contribution is -2.43. The Bertz CT molecular complexity index is 959. The molecule has 1 amide bonds. The topological polar surface area (TPSA) is 136 Å². The number of anilines is 1. The summed E-state index contributed by atoms with van der Waals surface area (Å²) in [7, 11) is -3.17. The minimum atomic E-state index is -3.17. The summed E-state index contributed by atoms with van der Waals surface area (Å²) in [6.45, 7) is 3.37. The summed E-state index contributed by atoms with van der Waals surface area (Å²) in [5, 5.41) is 11.2. The van der Waals surface area contributed by atoms with Crippen molar-refractivity contribution >= 4 is 33.1 Å². The van der Waals surface area contributed by atoms with Gasteiger partial charge in [-0.2, -0.15) is 0 Å². The van der Waals surface area contributed by atoms with E-state index in [2.05, 4.69) is 0 Å². The van der Waals surface area contributed by atoms with E-state index in [0.717, 1.165) is 6.07 Å². The Hall–Kier alpha value is -2.73. The smallest absolute Gasteiger partial charge is 0.341 e. The zero-order valence-electron chi connectivity index (χ0n) is 17.2. The number of carbonyl (C=O) groups is 2. The summed E-state index contributed by atoms with van der Waals surface area (Å²) in [6.07, 6.45) is 0.349. The molecule has 0 spiro atoms. The number of ether oxygens (including phenoxy) is 2. The second kappa shape index (κ2) is 9.60. The van der Waals surface area contributed by atoms with E-state index < -0.39 is 39.3 Å². The summed E-state index contributed by atoms with van der Waals surface area (Å²) >= 11 is 0. The fourth-order valence-corrected chi connectivity index (χ4v) is 5.56. The van der Waals surface area contributed by atoms with Gasteiger partial charge in [-0.25, -0.2) is 13.2 Å². The lowest BCUT2D eigenvalue weighted by molar-refractivity contribution is -0.384. The number of hydrogen-bond acceptors (Lipinski definition) is 9. The fraction of sp³-hybridized carbons (Fsp3) is 0.579. The molecule has 2 fully saturated rings. The number of sulfone groups is 1. The van der Waals surface area contributed by atoms with Crippen LogP contribution in [0.2, 0.25) is 0 Å². The van der Waals surface area contributed by atoms with E-state index in [0.29, 0.717) is 38.4 Å². The van der Waals surface area contributed by atoms with Crippen molar-refractivity contribution in [3.8, 4) is 0 Å². The van der Waals surface area contributed by atoms with Crippen molar-refractivity contribution in [2.24, 2.45) is 0 Å². The first-order valence-electron chi connectivity index (χ1n) is 10.00. The van der Waals surface area contributed by atoms with Crippen molar-refractivity contribution in [1.29, 1.82) is 0 Å². The molecule has 0 N–H and O–H groups in total. The highest BCUT2D eigenvalue weighted by Gasteiger charge is 2.34. The molecule has 31 heavy (non-hydrogen) atoms. The summed E-state index contributed by atoms with van der Waals surface area (Å²) < 4.78 is 33.9. The molecule has 0 aliphatic carbocycles. The van der Waals surface area contributed by atoms with Gasteiger partial charge in [-0.1, -0.05) is 0 Å². The molecule has 2 aliphatic heterocycles. The first-order valence-corrected chi connectivity index (χ1v) is 11.8. The Balaban J connectivity index is 1.73. The molecule has 170 valence electrons. The van der Waals surface area contributed by atoms with Crippen molar-refractivity contribution < 1.29 is 32.4 Å². The number of nitro benzene ring substituents is 1. The molecule has 11 nitrogen and oxygen atoms in total. The standard InChI is InChI=1S/C19H25N3O8S/c1-2-21(15-5-10-31(27,28)13-15)18(23)12-30-19(24)16-11-14(22(25)26)3-4-17(16)20-6-8-29-9-7-20/h3-4,11,15H,2,5-10,12-13H2,1H3/t15-/m0/s1. The third kappa shape index (κ3) is 5.50. The first-order chi connectivity index (χ1) is 14.7. The maximum absolute atomic E-state index is 12.8. The number of non-ortho nitro benzene ring substituents is 1. The van der Waals surface area contributed by atoms with Gasteiger partial charge in [0.2, 0.25) is 0 Å². The molecule has 1 atom stereocenters. The number of nitrogens with zero attached hydrogens (tertiary/aromatic N) is 3. The maximum Gasteiger partial charge on any atom is 0.341 e. The Morgan fingerprint density at radius 2 is 2.03 bits per heavy atom. The van der Waals surface area contributed by atoms with E-state index in [1.165, 1.54) is 17.0 Å². The van der Waals surface area contributed by atoms with Gasteiger partial charge in [-0.05, 0) is 19.4 Å². The molecule has 0 aromatic heterocycles. The van der Waals surface area contributed by atoms with E-state index in [1.54, 1.807) is 6.92 Å². The third-order valence-electron chi connectivity index (χ3n) is 5.40. The fourth-order valence-electron chi connectivity index (χ4n) is 3.83. The number of benzene rings is 1. The lowest BCUT2D eigenvalue weighted by Gasteiger charge is -2.30. The van der Waals surface area contributed by atoms with Crippen LogP contribution in [0.15, 0.2) is 18.2 Å². The minimum absolute atomic E-state index is 0.00427. The molecule has 0 unspecified atom stereocenters. The van der Waals surface area contributed by atoms with E-state index in [9.17, 15) is 28.1 Å². The molecule has 2 aliphatic rings. The van der Waals surface area contributed by atoms with Crippen LogP contribution in [0.1, 0.15) is 23.7 Å². The number of amides is 1. The molecular formula is C19H25N3O8S. The second-order valence-electron chi connectivity index (χ2n) is 7.37. The quantitative estimate of drug-likeness (QED) is 0.329. The van der Waals surface area contributed by atoms with Crippen molar-refractivity contribution in [2.75, 3.05) is 55.9 Å². The third-order valence-corrected chi connectivity index (χ3v) is 7.15. The summed E-state index contributed by atoms with van der Waals surface area (Å²) in [5.74, 6) is -1.44. The van der Waals surface area contributed by atoms with Gasteiger partial charge in [0.05, 0.1) is 40.9 Å². The normalized spacial score (nSPS) is 20.3. The van der Waals surface area contributed by atoms with Crippen LogP contribution in [0.4, 0.5) is 11.4 Å². The number of likely N-dealkylation sites (N-methyl/N-ethyl adjacent to an activating group) is 1. The Morgan fingerprint density at radius 1 is 1.32 bits per heavy atom. The highest BCUT2D eigenvalue weighted by Crippen LogP contribution is 2.27. The van der Waals surface area contributed by atoms with Crippen LogP contribution >= 0.6 is 0 Å². The van der Waals surface area contributed by atoms with Crippen LogP contribution in [-0.2, 0) is 24.1 Å². The number of nitro groups is 1. The van der Waals surface area contributed by atoms with Gasteiger partial charge in [0, 0.05) is 37.8 Å². The number of esters is 1. The number of carbonyl (C=O) groups excluding carboxylic acids is 2. The number of hydrogen-bond donors (Lipinski definition) is 0. The predicted octanol–water partition coefficient (Wildman–Crippen LogP) is 0.624. The molecule has 0 radical (unpaired) electrons. The van der Waals surface area contributed by atoms with Crippen molar-refractivity contribution in [1.82, 2.24) is 4.90 Å². The average Bonchev–Trinajstić information content (AvgIpc) is 3.11. The van der Waals surface area contributed by atoms with Gasteiger partial charge >= 0.3 is 5.97 Å². The van der Waals surface area contributed by atoms with Crippen LogP contribution in [0.3, 0.4) is 0 Å². The number of morpholine rings is 1. The Kier molecular flexibility index (Phi) is 7.11. The van der Waals surface area contributed by atoms with Crippen molar-refractivity contribution in [3.63, 3.8) is 0 Å². The molecule has 0 bridgehead atoms. The van der Waals surface area contributed by atoms with E-state index in [1.807, 2.05) is 4.90 Å². The molecule has 0 saturated carbocycles. The van der Waals surface area contributed by atoms with Crippen LogP contribution < -0.4 is 4.90 Å². The highest BCUT2D eigenvalue weighted by atomic mass is 32.2. The molecular weight excluding hydrogens is 430 g/mol. The van der Waals surface area contributed by atoms with Crippen LogP contribution in [0.25, 0.3) is 0 Å². The van der Waals surface area contributed by atoms with Crippen molar-refractivity contribution in [3.05, 3.63) is 33.9 Å². The van der Waals surface area contributed by atoms with Crippen LogP contribution in [0, 0.1) is 10.1 Å². The first kappa shape index (κ1) is 22.9. The summed E-state index contributed by atoms with van der Waals surface area (Å²) in [4.78, 5) is 39.2. The molecule has 1 aromatic carbocycles. The van der Waals surface area contributed by atoms with Gasteiger partial charge in [0.15, 0.2) is 16.4 Å². The SMILES string of the molecule is CCN(C(=O)COC(=O)c1cc([N+](=O)[O-])ccc1N1CCOCC1)[C@H]1CCS(=O)(=O)C1. The minimum Gasteiger partial charge on any atom is -0.452 e. The second-order valence-corrected chi connectivity index (χ2v) is 9.60. The average molecular weight is 455 g/mol. The van der Waals surface area contributed by atoms with Gasteiger partial charge in [-0.15, -0.1) is 0 Å². The highest BCUT2D eigenvalue weighted by molar-refractivity contribution is 7.91. The van der Waals surface area contributed by atoms with Gasteiger partial charge in [0.1, 0.15) is 0 Å². The molecule has 12 heteroatoms. The molecule has 3 rings (SSSR count). The number of rotatable bonds is 7. The molecule has 2 saturated heterocycles. The van der Waals surface area contributed by atoms with Gasteiger partial charge in [0.25, 0.3) is 11.6 Å². The molecule has 1 aromatic rings. The predicted molar refractivity (Wildman–Crippen MR) is 111 cm³/mol. The van der Waals surface area contributed by atoms with Crippen molar-refractivity contribution in [2.45, 2.75) is 19.4 Å². The largest absolute Gasteiger partial charge is 0.452 e. The lowest BCUT2D eigenvalue weighted by atomic mass is 10.1. The Morgan fingerprint density at radius 3 is 2.61 bits per heavy atom. The van der Waals surface area contributed by atoms with Gasteiger partial charge < -0.3 is 19.3 Å². The van der Waals surface area contributed by atoms with Crippen LogP contribution in [-0.4, -0.2) is 87.1 Å². The maximum atomic E-state index is 12.8. The van der Waals surface area contributed by atoms with E-state index in [-0.39, 0.29) is 29.3 Å². The Labute approximate surface area is 180 Å². The van der Waals surface area contributed by atoms with E-state index >= 15 is 0 Å².